The van der Waals surface area contributed by atoms with Crippen molar-refractivity contribution < 1.29 is 0 Å². The summed E-state index contributed by atoms with van der Waals surface area (Å²) in [5, 5.41) is 7.18. The minimum absolute atomic E-state index is 0.259. The number of aromatic nitrogens is 2. The summed E-state index contributed by atoms with van der Waals surface area (Å²) in [5.74, 6) is 1.77. The molecule has 3 rings (SSSR count). The Kier molecular flexibility index (Phi) is 4.31. The summed E-state index contributed by atoms with van der Waals surface area (Å²) in [7, 11) is 1.98. The van der Waals surface area contributed by atoms with Gasteiger partial charge in [0, 0.05) is 35.9 Å². The van der Waals surface area contributed by atoms with E-state index in [9.17, 15) is 0 Å². The standard InChI is InChI=1S/C15H19ClN6/c1-18-12-5-6-22(9-12)14-8-13(20-15(17)21-14)19-11-4-2-3-10(16)7-11/h2-4,7-8,12,18H,5-6,9H2,1H3,(H3,17,19,20,21)/t12-/m1/s1. The minimum atomic E-state index is 0.259. The average Bonchev–Trinajstić information content (AvgIpc) is 2.95. The summed E-state index contributed by atoms with van der Waals surface area (Å²) in [5.41, 5.74) is 6.71. The number of nitrogens with one attached hydrogen (secondary N) is 2. The third-order valence-corrected chi connectivity index (χ3v) is 3.98. The van der Waals surface area contributed by atoms with E-state index in [0.717, 1.165) is 31.0 Å². The Bertz CT molecular complexity index is 662. The largest absolute Gasteiger partial charge is 0.368 e. The molecule has 116 valence electrons. The number of likely N-dealkylation sites (N-methyl/N-ethyl adjacent to an activating group) is 1. The first-order chi connectivity index (χ1) is 10.6. The van der Waals surface area contributed by atoms with E-state index in [1.54, 1.807) is 0 Å². The average molecular weight is 319 g/mol. The number of hydrogen-bond donors (Lipinski definition) is 3. The van der Waals surface area contributed by atoms with Gasteiger partial charge in [-0.2, -0.15) is 9.97 Å². The number of hydrogen-bond acceptors (Lipinski definition) is 6. The molecule has 0 unspecified atom stereocenters. The molecule has 1 aliphatic heterocycles. The van der Waals surface area contributed by atoms with E-state index in [2.05, 4.69) is 25.5 Å². The lowest BCUT2D eigenvalue weighted by Crippen LogP contribution is -2.30. The quantitative estimate of drug-likeness (QED) is 0.802. The summed E-state index contributed by atoms with van der Waals surface area (Å²) in [4.78, 5) is 10.8. The number of nitrogen functional groups attached to an aromatic ring is 1. The lowest BCUT2D eigenvalue weighted by molar-refractivity contribution is 0.616. The maximum absolute atomic E-state index is 6.00. The maximum Gasteiger partial charge on any atom is 0.223 e. The second-order valence-corrected chi connectivity index (χ2v) is 5.76. The molecule has 22 heavy (non-hydrogen) atoms. The van der Waals surface area contributed by atoms with E-state index in [-0.39, 0.29) is 5.95 Å². The van der Waals surface area contributed by atoms with Crippen molar-refractivity contribution in [3.8, 4) is 0 Å². The van der Waals surface area contributed by atoms with Crippen LogP contribution in [0.5, 0.6) is 0 Å². The topological polar surface area (TPSA) is 79.1 Å². The normalized spacial score (nSPS) is 17.7. The van der Waals surface area contributed by atoms with Crippen LogP contribution in [0.4, 0.5) is 23.3 Å². The van der Waals surface area contributed by atoms with E-state index >= 15 is 0 Å². The van der Waals surface area contributed by atoms with E-state index < -0.39 is 0 Å². The first-order valence-electron chi connectivity index (χ1n) is 7.23. The van der Waals surface area contributed by atoms with Crippen LogP contribution in [0, 0.1) is 0 Å². The summed E-state index contributed by atoms with van der Waals surface area (Å²) in [6.07, 6.45) is 1.09. The van der Waals surface area contributed by atoms with Crippen molar-refractivity contribution in [1.29, 1.82) is 0 Å². The van der Waals surface area contributed by atoms with Gasteiger partial charge in [0.05, 0.1) is 0 Å². The molecule has 1 fully saturated rings. The molecule has 2 heterocycles. The van der Waals surface area contributed by atoms with Crippen molar-refractivity contribution in [2.24, 2.45) is 0 Å². The van der Waals surface area contributed by atoms with Crippen molar-refractivity contribution in [3.05, 3.63) is 35.4 Å². The van der Waals surface area contributed by atoms with Crippen molar-refractivity contribution in [2.45, 2.75) is 12.5 Å². The zero-order valence-electron chi connectivity index (χ0n) is 12.4. The Morgan fingerprint density at radius 1 is 1.32 bits per heavy atom. The van der Waals surface area contributed by atoms with Crippen LogP contribution < -0.4 is 21.3 Å². The molecule has 0 amide bonds. The first-order valence-corrected chi connectivity index (χ1v) is 7.61. The van der Waals surface area contributed by atoms with Gasteiger partial charge in [0.15, 0.2) is 0 Å². The molecular weight excluding hydrogens is 300 g/mol. The van der Waals surface area contributed by atoms with Gasteiger partial charge in [0.2, 0.25) is 5.95 Å². The van der Waals surface area contributed by atoms with Gasteiger partial charge in [-0.05, 0) is 31.7 Å². The van der Waals surface area contributed by atoms with Crippen molar-refractivity contribution in [3.63, 3.8) is 0 Å². The molecule has 1 aromatic carbocycles. The molecule has 2 aromatic rings. The number of nitrogens with zero attached hydrogens (tertiary/aromatic N) is 3. The van der Waals surface area contributed by atoms with E-state index in [0.29, 0.717) is 16.9 Å². The van der Waals surface area contributed by atoms with Crippen LogP contribution in [0.3, 0.4) is 0 Å². The predicted molar refractivity (Wildman–Crippen MR) is 90.9 cm³/mol. The van der Waals surface area contributed by atoms with Crippen LogP contribution in [-0.2, 0) is 0 Å². The SMILES string of the molecule is CN[C@@H]1CCN(c2cc(Nc3cccc(Cl)c3)nc(N)n2)C1. The summed E-state index contributed by atoms with van der Waals surface area (Å²) in [6.45, 7) is 1.88. The number of rotatable bonds is 4. The van der Waals surface area contributed by atoms with Gasteiger partial charge >= 0.3 is 0 Å². The van der Waals surface area contributed by atoms with E-state index in [1.165, 1.54) is 0 Å². The summed E-state index contributed by atoms with van der Waals surface area (Å²) >= 11 is 6.00. The lowest BCUT2D eigenvalue weighted by atomic mass is 10.3. The van der Waals surface area contributed by atoms with Gasteiger partial charge in [-0.15, -0.1) is 0 Å². The number of anilines is 4. The van der Waals surface area contributed by atoms with Gasteiger partial charge < -0.3 is 21.3 Å². The first kappa shape index (κ1) is 14.9. The summed E-state index contributed by atoms with van der Waals surface area (Å²) < 4.78 is 0. The Morgan fingerprint density at radius 3 is 2.91 bits per heavy atom. The fraction of sp³-hybridized carbons (Fsp3) is 0.333. The molecule has 0 radical (unpaired) electrons. The zero-order valence-corrected chi connectivity index (χ0v) is 13.1. The monoisotopic (exact) mass is 318 g/mol. The van der Waals surface area contributed by atoms with Gasteiger partial charge in [0.1, 0.15) is 11.6 Å². The molecule has 0 bridgehead atoms. The Hall–Kier alpha value is -2.05. The van der Waals surface area contributed by atoms with Gasteiger partial charge in [-0.25, -0.2) is 0 Å². The fourth-order valence-corrected chi connectivity index (χ4v) is 2.79. The van der Waals surface area contributed by atoms with E-state index in [4.69, 9.17) is 17.3 Å². The van der Waals surface area contributed by atoms with Crippen LogP contribution >= 0.6 is 11.6 Å². The third kappa shape index (κ3) is 3.40. The van der Waals surface area contributed by atoms with Gasteiger partial charge in [-0.1, -0.05) is 17.7 Å². The molecule has 4 N–H and O–H groups in total. The highest BCUT2D eigenvalue weighted by molar-refractivity contribution is 6.30. The van der Waals surface area contributed by atoms with Gasteiger partial charge in [-0.3, -0.25) is 0 Å². The highest BCUT2D eigenvalue weighted by Gasteiger charge is 2.22. The Balaban J connectivity index is 1.81. The van der Waals surface area contributed by atoms with Gasteiger partial charge in [0.25, 0.3) is 0 Å². The van der Waals surface area contributed by atoms with Crippen molar-refractivity contribution in [2.75, 3.05) is 36.1 Å². The maximum atomic E-state index is 6.00. The lowest BCUT2D eigenvalue weighted by Gasteiger charge is -2.18. The number of halogens is 1. The van der Waals surface area contributed by atoms with Crippen molar-refractivity contribution >= 4 is 34.9 Å². The minimum Gasteiger partial charge on any atom is -0.368 e. The highest BCUT2D eigenvalue weighted by Crippen LogP contribution is 2.24. The molecule has 1 aromatic heterocycles. The van der Waals surface area contributed by atoms with Crippen LogP contribution in [0.25, 0.3) is 0 Å². The smallest absolute Gasteiger partial charge is 0.223 e. The fourth-order valence-electron chi connectivity index (χ4n) is 2.60. The third-order valence-electron chi connectivity index (χ3n) is 3.75. The zero-order chi connectivity index (χ0) is 15.5. The molecule has 0 aliphatic carbocycles. The second-order valence-electron chi connectivity index (χ2n) is 5.33. The summed E-state index contributed by atoms with van der Waals surface area (Å²) in [6, 6.07) is 9.88. The molecular formula is C15H19ClN6. The Morgan fingerprint density at radius 2 is 2.18 bits per heavy atom. The molecule has 7 heteroatoms. The second kappa shape index (κ2) is 6.37. The Labute approximate surface area is 134 Å². The molecule has 1 saturated heterocycles. The number of benzene rings is 1. The van der Waals surface area contributed by atoms with E-state index in [1.807, 2.05) is 37.4 Å². The molecule has 0 saturated carbocycles. The number of nitrogens with two attached hydrogens (primary N) is 1. The van der Waals surface area contributed by atoms with Crippen LogP contribution in [0.1, 0.15) is 6.42 Å². The highest BCUT2D eigenvalue weighted by atomic mass is 35.5. The molecule has 0 spiro atoms. The molecule has 1 atom stereocenters. The molecule has 1 aliphatic rings. The predicted octanol–water partition coefficient (Wildman–Crippen LogP) is 2.25. The van der Waals surface area contributed by atoms with Crippen LogP contribution in [0.15, 0.2) is 30.3 Å². The van der Waals surface area contributed by atoms with Crippen LogP contribution in [0.2, 0.25) is 5.02 Å². The van der Waals surface area contributed by atoms with Crippen LogP contribution in [-0.4, -0.2) is 36.1 Å². The molecule has 6 nitrogen and oxygen atoms in total. The van der Waals surface area contributed by atoms with Crippen molar-refractivity contribution in [1.82, 2.24) is 15.3 Å².